The van der Waals surface area contributed by atoms with Crippen LogP contribution in [-0.4, -0.2) is 5.11 Å². The molecule has 0 unspecified atom stereocenters. The Hall–Kier alpha value is -1.18. The molecule has 0 radical (unpaired) electrons. The zero-order valence-electron chi connectivity index (χ0n) is 6.96. The lowest BCUT2D eigenvalue weighted by molar-refractivity contribution is 0.477. The number of aromatic hydroxyl groups is 1. The van der Waals surface area contributed by atoms with E-state index in [1.807, 2.05) is 12.1 Å². The number of nitrogen functional groups attached to an aromatic ring is 1. The molecule has 1 saturated carbocycles. The quantitative estimate of drug-likeness (QED) is 0.517. The third kappa shape index (κ3) is 1.52. The van der Waals surface area contributed by atoms with Gasteiger partial charge >= 0.3 is 0 Å². The lowest BCUT2D eigenvalue weighted by atomic mass is 10.1. The fourth-order valence-electron chi connectivity index (χ4n) is 1.39. The maximum Gasteiger partial charge on any atom is 0.138 e. The molecule has 0 aliphatic heterocycles. The van der Waals surface area contributed by atoms with Gasteiger partial charge in [0, 0.05) is 0 Å². The van der Waals surface area contributed by atoms with Crippen LogP contribution >= 0.6 is 0 Å². The summed E-state index contributed by atoms with van der Waals surface area (Å²) in [6.45, 7) is 0. The molecule has 2 rings (SSSR count). The topological polar surface area (TPSA) is 46.2 Å². The molecular weight excluding hydrogens is 150 g/mol. The number of hydrogen-bond acceptors (Lipinski definition) is 2. The van der Waals surface area contributed by atoms with Crippen molar-refractivity contribution in [3.8, 4) is 5.75 Å². The molecule has 1 aromatic rings. The second-order valence-corrected chi connectivity index (χ2v) is 3.54. The summed E-state index contributed by atoms with van der Waals surface area (Å²) in [4.78, 5) is 0. The van der Waals surface area contributed by atoms with Crippen molar-refractivity contribution < 1.29 is 5.11 Å². The number of phenols is 1. The zero-order valence-corrected chi connectivity index (χ0v) is 6.96. The van der Waals surface area contributed by atoms with Crippen molar-refractivity contribution in [1.82, 2.24) is 0 Å². The summed E-state index contributed by atoms with van der Waals surface area (Å²) in [5.74, 6) is 1.06. The third-order valence-corrected chi connectivity index (χ3v) is 2.31. The first kappa shape index (κ1) is 7.47. The van der Waals surface area contributed by atoms with Gasteiger partial charge in [-0.2, -0.15) is 0 Å². The highest BCUT2D eigenvalue weighted by Crippen LogP contribution is 2.33. The minimum atomic E-state index is 0.189. The fourth-order valence-corrected chi connectivity index (χ4v) is 1.39. The molecule has 1 fully saturated rings. The number of hydrogen-bond donors (Lipinski definition) is 2. The summed E-state index contributed by atoms with van der Waals surface area (Å²) < 4.78 is 0. The fraction of sp³-hybridized carbons (Fsp3) is 0.400. The largest absolute Gasteiger partial charge is 0.506 e. The summed E-state index contributed by atoms with van der Waals surface area (Å²) >= 11 is 0. The average molecular weight is 163 g/mol. The maximum absolute atomic E-state index is 9.17. The van der Waals surface area contributed by atoms with Gasteiger partial charge in [-0.25, -0.2) is 0 Å². The summed E-state index contributed by atoms with van der Waals surface area (Å²) in [5.41, 5.74) is 7.30. The third-order valence-electron chi connectivity index (χ3n) is 2.31. The van der Waals surface area contributed by atoms with Crippen LogP contribution in [0.2, 0.25) is 0 Å². The van der Waals surface area contributed by atoms with Crippen LogP contribution in [0.25, 0.3) is 0 Å². The first-order valence-corrected chi connectivity index (χ1v) is 4.33. The van der Waals surface area contributed by atoms with E-state index in [4.69, 9.17) is 10.8 Å². The highest BCUT2D eigenvalue weighted by atomic mass is 16.3. The molecule has 64 valence electrons. The second kappa shape index (κ2) is 2.70. The molecule has 3 N–H and O–H groups in total. The lowest BCUT2D eigenvalue weighted by Crippen LogP contribution is -1.90. The van der Waals surface area contributed by atoms with Gasteiger partial charge in [-0.1, -0.05) is 6.07 Å². The van der Waals surface area contributed by atoms with E-state index in [0.717, 1.165) is 12.3 Å². The molecule has 0 amide bonds. The van der Waals surface area contributed by atoms with Gasteiger partial charge in [0.1, 0.15) is 5.75 Å². The summed E-state index contributed by atoms with van der Waals surface area (Å²) in [6.07, 6.45) is 3.81. The van der Waals surface area contributed by atoms with Crippen molar-refractivity contribution >= 4 is 5.69 Å². The highest BCUT2D eigenvalue weighted by Gasteiger charge is 2.21. The van der Waals surface area contributed by atoms with Crippen molar-refractivity contribution in [2.75, 3.05) is 5.73 Å². The molecule has 0 bridgehead atoms. The summed E-state index contributed by atoms with van der Waals surface area (Å²) in [6, 6.07) is 5.49. The summed E-state index contributed by atoms with van der Waals surface area (Å²) in [7, 11) is 0. The zero-order chi connectivity index (χ0) is 8.55. The normalized spacial score (nSPS) is 16.3. The number of nitrogens with two attached hydrogens (primary N) is 1. The van der Waals surface area contributed by atoms with Crippen LogP contribution < -0.4 is 5.73 Å². The van der Waals surface area contributed by atoms with Gasteiger partial charge in [0.25, 0.3) is 0 Å². The molecule has 0 heterocycles. The van der Waals surface area contributed by atoms with E-state index in [0.29, 0.717) is 5.69 Å². The standard InChI is InChI=1S/C10H13NO/c11-9-6-8(3-4-10(9)12)5-7-1-2-7/h3-4,6-7,12H,1-2,5,11H2. The lowest BCUT2D eigenvalue weighted by Gasteiger charge is -2.02. The van der Waals surface area contributed by atoms with Crippen LogP contribution in [0.5, 0.6) is 5.75 Å². The Labute approximate surface area is 72.0 Å². The maximum atomic E-state index is 9.17. The van der Waals surface area contributed by atoms with Gasteiger partial charge in [-0.3, -0.25) is 0 Å². The van der Waals surface area contributed by atoms with Crippen LogP contribution in [-0.2, 0) is 6.42 Å². The molecule has 2 heteroatoms. The first-order chi connectivity index (χ1) is 5.75. The van der Waals surface area contributed by atoms with Gasteiger partial charge < -0.3 is 10.8 Å². The second-order valence-electron chi connectivity index (χ2n) is 3.54. The molecule has 12 heavy (non-hydrogen) atoms. The van der Waals surface area contributed by atoms with Gasteiger partial charge in [-0.05, 0) is 42.9 Å². The predicted molar refractivity (Wildman–Crippen MR) is 48.9 cm³/mol. The number of rotatable bonds is 2. The predicted octanol–water partition coefficient (Wildman–Crippen LogP) is 1.93. The Morgan fingerprint density at radius 2 is 2.17 bits per heavy atom. The number of anilines is 1. The van der Waals surface area contributed by atoms with Crippen LogP contribution in [0, 0.1) is 5.92 Å². The molecule has 1 aliphatic carbocycles. The Kier molecular flexibility index (Phi) is 1.68. The molecule has 0 spiro atoms. The molecule has 0 atom stereocenters. The van der Waals surface area contributed by atoms with Crippen LogP contribution in [0.4, 0.5) is 5.69 Å². The first-order valence-electron chi connectivity index (χ1n) is 4.33. The Morgan fingerprint density at radius 3 is 2.75 bits per heavy atom. The SMILES string of the molecule is Nc1cc(CC2CC2)ccc1O. The van der Waals surface area contributed by atoms with E-state index in [-0.39, 0.29) is 5.75 Å². The van der Waals surface area contributed by atoms with Crippen molar-refractivity contribution in [2.45, 2.75) is 19.3 Å². The highest BCUT2D eigenvalue weighted by molar-refractivity contribution is 5.53. The molecule has 2 nitrogen and oxygen atoms in total. The van der Waals surface area contributed by atoms with Gasteiger partial charge in [0.2, 0.25) is 0 Å². The van der Waals surface area contributed by atoms with Gasteiger partial charge in [-0.15, -0.1) is 0 Å². The van der Waals surface area contributed by atoms with Gasteiger partial charge in [0.05, 0.1) is 5.69 Å². The Morgan fingerprint density at radius 1 is 1.42 bits per heavy atom. The molecule has 0 aromatic heterocycles. The minimum Gasteiger partial charge on any atom is -0.506 e. The van der Waals surface area contributed by atoms with Crippen molar-refractivity contribution in [3.63, 3.8) is 0 Å². The van der Waals surface area contributed by atoms with Crippen LogP contribution in [0.1, 0.15) is 18.4 Å². The number of phenolic OH excluding ortho intramolecular Hbond substituents is 1. The van der Waals surface area contributed by atoms with Gasteiger partial charge in [0.15, 0.2) is 0 Å². The van der Waals surface area contributed by atoms with E-state index in [9.17, 15) is 0 Å². The molecule has 0 saturated heterocycles. The van der Waals surface area contributed by atoms with Crippen molar-refractivity contribution in [2.24, 2.45) is 5.92 Å². The van der Waals surface area contributed by atoms with Crippen LogP contribution in [0.3, 0.4) is 0 Å². The smallest absolute Gasteiger partial charge is 0.138 e. The molecule has 1 aliphatic rings. The average Bonchev–Trinajstić information content (AvgIpc) is 2.81. The van der Waals surface area contributed by atoms with E-state index in [1.165, 1.54) is 18.4 Å². The number of benzene rings is 1. The minimum absolute atomic E-state index is 0.189. The van der Waals surface area contributed by atoms with E-state index < -0.39 is 0 Å². The summed E-state index contributed by atoms with van der Waals surface area (Å²) in [5, 5.41) is 9.17. The Bertz CT molecular complexity index is 292. The van der Waals surface area contributed by atoms with E-state index in [1.54, 1.807) is 6.07 Å². The van der Waals surface area contributed by atoms with Crippen molar-refractivity contribution in [1.29, 1.82) is 0 Å². The monoisotopic (exact) mass is 163 g/mol. The van der Waals surface area contributed by atoms with Crippen LogP contribution in [0.15, 0.2) is 18.2 Å². The molecule has 1 aromatic carbocycles. The Balaban J connectivity index is 2.15. The van der Waals surface area contributed by atoms with E-state index in [2.05, 4.69) is 0 Å². The van der Waals surface area contributed by atoms with Crippen molar-refractivity contribution in [3.05, 3.63) is 23.8 Å². The van der Waals surface area contributed by atoms with E-state index >= 15 is 0 Å². The molecular formula is C10H13NO.